The van der Waals surface area contributed by atoms with Crippen LogP contribution in [0.1, 0.15) is 30.6 Å². The lowest BCUT2D eigenvalue weighted by molar-refractivity contribution is -0.384. The maximum atomic E-state index is 11.1. The summed E-state index contributed by atoms with van der Waals surface area (Å²) < 4.78 is 5.32. The van der Waals surface area contributed by atoms with Crippen molar-refractivity contribution in [1.29, 1.82) is 5.26 Å². The number of hydrogen-bond donors (Lipinski definition) is 1. The quantitative estimate of drug-likeness (QED) is 0.632. The minimum Gasteiger partial charge on any atom is -0.493 e. The number of benzene rings is 1. The Morgan fingerprint density at radius 3 is 2.70 bits per heavy atom. The highest BCUT2D eigenvalue weighted by Gasteiger charge is 2.19. The van der Waals surface area contributed by atoms with Crippen LogP contribution in [0.2, 0.25) is 0 Å². The lowest BCUT2D eigenvalue weighted by atomic mass is 9.92. The molecule has 106 valence electrons. The molecule has 7 nitrogen and oxygen atoms in total. The first kappa shape index (κ1) is 15.4. The summed E-state index contributed by atoms with van der Waals surface area (Å²) in [5, 5.41) is 28.5. The molecular formula is C13H14N2O5. The van der Waals surface area contributed by atoms with Crippen molar-refractivity contribution in [2.45, 2.75) is 20.3 Å². The van der Waals surface area contributed by atoms with E-state index in [9.17, 15) is 14.9 Å². The molecule has 0 spiro atoms. The van der Waals surface area contributed by atoms with Gasteiger partial charge in [-0.15, -0.1) is 0 Å². The molecule has 1 aromatic carbocycles. The summed E-state index contributed by atoms with van der Waals surface area (Å²) in [6, 6.07) is 5.48. The van der Waals surface area contributed by atoms with Gasteiger partial charge < -0.3 is 9.84 Å². The molecule has 0 amide bonds. The van der Waals surface area contributed by atoms with Gasteiger partial charge in [-0.1, -0.05) is 0 Å². The molecule has 0 atom stereocenters. The summed E-state index contributed by atoms with van der Waals surface area (Å²) in [5.74, 6) is -1.25. The van der Waals surface area contributed by atoms with Gasteiger partial charge in [-0.05, 0) is 26.3 Å². The van der Waals surface area contributed by atoms with Gasteiger partial charge in [0.2, 0.25) is 0 Å². The molecule has 20 heavy (non-hydrogen) atoms. The third kappa shape index (κ3) is 3.95. The summed E-state index contributed by atoms with van der Waals surface area (Å²) in [6.07, 6.45) is 0.416. The fraction of sp³-hybridized carbons (Fsp3) is 0.385. The summed E-state index contributed by atoms with van der Waals surface area (Å²) >= 11 is 0. The normalized spacial score (nSPS) is 10.7. The number of hydrogen-bond acceptors (Lipinski definition) is 5. The van der Waals surface area contributed by atoms with E-state index < -0.39 is 16.3 Å². The molecule has 0 fully saturated rings. The highest BCUT2D eigenvalue weighted by molar-refractivity contribution is 5.91. The second-order valence-corrected chi connectivity index (χ2v) is 4.84. The van der Waals surface area contributed by atoms with Gasteiger partial charge in [0.1, 0.15) is 11.3 Å². The Morgan fingerprint density at radius 1 is 1.55 bits per heavy atom. The van der Waals surface area contributed by atoms with E-state index in [0.717, 1.165) is 6.07 Å². The van der Waals surface area contributed by atoms with E-state index in [1.807, 2.05) is 0 Å². The van der Waals surface area contributed by atoms with Gasteiger partial charge in [0.15, 0.2) is 0 Å². The van der Waals surface area contributed by atoms with E-state index in [0.29, 0.717) is 6.42 Å². The predicted molar refractivity (Wildman–Crippen MR) is 69.6 cm³/mol. The third-order valence-corrected chi connectivity index (χ3v) is 2.69. The van der Waals surface area contributed by atoms with Crippen LogP contribution in [-0.4, -0.2) is 22.6 Å². The van der Waals surface area contributed by atoms with Crippen LogP contribution < -0.4 is 4.74 Å². The summed E-state index contributed by atoms with van der Waals surface area (Å²) in [4.78, 5) is 21.0. The smallest absolute Gasteiger partial charge is 0.339 e. The van der Waals surface area contributed by atoms with Crippen LogP contribution in [0, 0.1) is 26.9 Å². The van der Waals surface area contributed by atoms with Gasteiger partial charge in [-0.25, -0.2) is 4.79 Å². The lowest BCUT2D eigenvalue weighted by Crippen LogP contribution is -2.14. The average Bonchev–Trinajstić information content (AvgIpc) is 2.38. The van der Waals surface area contributed by atoms with Crippen molar-refractivity contribution in [1.82, 2.24) is 0 Å². The van der Waals surface area contributed by atoms with E-state index in [1.165, 1.54) is 12.1 Å². The van der Waals surface area contributed by atoms with Gasteiger partial charge in [-0.2, -0.15) is 5.26 Å². The number of carboxylic acid groups (broad SMARTS) is 1. The molecule has 0 unspecified atom stereocenters. The number of carboxylic acids is 1. The summed E-state index contributed by atoms with van der Waals surface area (Å²) in [6.45, 7) is 3.63. The lowest BCUT2D eigenvalue weighted by Gasteiger charge is -2.16. The second-order valence-electron chi connectivity index (χ2n) is 4.84. The molecule has 0 heterocycles. The number of rotatable bonds is 6. The highest BCUT2D eigenvalue weighted by Crippen LogP contribution is 2.26. The van der Waals surface area contributed by atoms with Crippen LogP contribution in [0.3, 0.4) is 0 Å². The number of nitrogens with zero attached hydrogens (tertiary/aromatic N) is 2. The first-order valence-electron chi connectivity index (χ1n) is 5.82. The monoisotopic (exact) mass is 278 g/mol. The van der Waals surface area contributed by atoms with Crippen LogP contribution in [0.5, 0.6) is 5.75 Å². The van der Waals surface area contributed by atoms with Gasteiger partial charge in [0, 0.05) is 12.1 Å². The van der Waals surface area contributed by atoms with Gasteiger partial charge >= 0.3 is 5.97 Å². The average molecular weight is 278 g/mol. The molecule has 1 N–H and O–H groups in total. The van der Waals surface area contributed by atoms with Crippen molar-refractivity contribution in [3.8, 4) is 11.8 Å². The molecule has 0 saturated carbocycles. The van der Waals surface area contributed by atoms with Crippen LogP contribution in [0.15, 0.2) is 18.2 Å². The van der Waals surface area contributed by atoms with Gasteiger partial charge in [-0.3, -0.25) is 10.1 Å². The zero-order valence-corrected chi connectivity index (χ0v) is 11.1. The third-order valence-electron chi connectivity index (χ3n) is 2.69. The SMILES string of the molecule is CC(C)(C#N)CCOc1ccc([N+](=O)[O-])cc1C(=O)O. The van der Waals surface area contributed by atoms with E-state index in [2.05, 4.69) is 6.07 Å². The molecule has 0 aliphatic rings. The molecule has 0 aromatic heterocycles. The van der Waals surface area contributed by atoms with Crippen molar-refractivity contribution >= 4 is 11.7 Å². The molecule has 0 bridgehead atoms. The second kappa shape index (κ2) is 6.02. The first-order valence-corrected chi connectivity index (χ1v) is 5.82. The Hall–Kier alpha value is -2.62. The maximum Gasteiger partial charge on any atom is 0.339 e. The Balaban J connectivity index is 2.88. The number of nitriles is 1. The molecule has 0 aliphatic carbocycles. The Morgan fingerprint density at radius 2 is 2.20 bits per heavy atom. The Labute approximate surface area is 115 Å². The van der Waals surface area contributed by atoms with Gasteiger partial charge in [0.05, 0.1) is 23.0 Å². The Bertz CT molecular complexity index is 575. The zero-order chi connectivity index (χ0) is 15.3. The van der Waals surface area contributed by atoms with Crippen molar-refractivity contribution < 1.29 is 19.6 Å². The van der Waals surface area contributed by atoms with E-state index in [1.54, 1.807) is 13.8 Å². The van der Waals surface area contributed by atoms with Crippen LogP contribution in [0.25, 0.3) is 0 Å². The standard InChI is InChI=1S/C13H14N2O5/c1-13(2,8-14)5-6-20-11-4-3-9(15(18)19)7-10(11)12(16)17/h3-4,7H,5-6H2,1-2H3,(H,16,17). The minimum absolute atomic E-state index is 0.0526. The zero-order valence-electron chi connectivity index (χ0n) is 11.1. The number of carbonyl (C=O) groups is 1. The van der Waals surface area contributed by atoms with E-state index >= 15 is 0 Å². The van der Waals surface area contributed by atoms with E-state index in [4.69, 9.17) is 15.1 Å². The van der Waals surface area contributed by atoms with Crippen LogP contribution >= 0.6 is 0 Å². The molecule has 1 aromatic rings. The van der Waals surface area contributed by atoms with E-state index in [-0.39, 0.29) is 23.6 Å². The fourth-order valence-corrected chi connectivity index (χ4v) is 1.40. The largest absolute Gasteiger partial charge is 0.493 e. The topological polar surface area (TPSA) is 113 Å². The molecule has 0 aliphatic heterocycles. The molecule has 1 rings (SSSR count). The molecular weight excluding hydrogens is 264 g/mol. The van der Waals surface area contributed by atoms with Crippen LogP contribution in [-0.2, 0) is 0 Å². The predicted octanol–water partition coefficient (Wildman–Crippen LogP) is 2.61. The number of non-ortho nitro benzene ring substituents is 1. The summed E-state index contributed by atoms with van der Waals surface area (Å²) in [5.41, 5.74) is -1.16. The maximum absolute atomic E-state index is 11.1. The molecule has 0 radical (unpaired) electrons. The minimum atomic E-state index is -1.30. The number of aromatic carboxylic acids is 1. The van der Waals surface area contributed by atoms with Crippen molar-refractivity contribution in [3.05, 3.63) is 33.9 Å². The van der Waals surface area contributed by atoms with Gasteiger partial charge in [0.25, 0.3) is 5.69 Å². The Kier molecular flexibility index (Phi) is 4.64. The fourth-order valence-electron chi connectivity index (χ4n) is 1.40. The summed E-state index contributed by atoms with van der Waals surface area (Å²) in [7, 11) is 0. The molecule has 0 saturated heterocycles. The first-order chi connectivity index (χ1) is 9.26. The highest BCUT2D eigenvalue weighted by atomic mass is 16.6. The van der Waals surface area contributed by atoms with Crippen molar-refractivity contribution in [2.75, 3.05) is 6.61 Å². The number of ether oxygens (including phenoxy) is 1. The molecule has 7 heteroatoms. The van der Waals surface area contributed by atoms with Crippen LogP contribution in [0.4, 0.5) is 5.69 Å². The number of nitro benzene ring substituents is 1. The van der Waals surface area contributed by atoms with Crippen molar-refractivity contribution in [2.24, 2.45) is 5.41 Å². The van der Waals surface area contributed by atoms with Crippen molar-refractivity contribution in [3.63, 3.8) is 0 Å². The number of nitro groups is 1.